The highest BCUT2D eigenvalue weighted by Gasteiger charge is 2.31. The van der Waals surface area contributed by atoms with Crippen LogP contribution in [0.4, 0.5) is 0 Å². The Morgan fingerprint density at radius 3 is 2.91 bits per heavy atom. The predicted octanol–water partition coefficient (Wildman–Crippen LogP) is 3.44. The first-order valence-electron chi connectivity index (χ1n) is 7.67. The van der Waals surface area contributed by atoms with E-state index in [0.717, 1.165) is 37.1 Å². The number of amides is 1. The van der Waals surface area contributed by atoms with E-state index >= 15 is 0 Å². The highest BCUT2D eigenvalue weighted by molar-refractivity contribution is 5.95. The molecule has 4 heteroatoms. The summed E-state index contributed by atoms with van der Waals surface area (Å²) >= 11 is 0. The number of likely N-dealkylation sites (tertiary alicyclic amines) is 1. The van der Waals surface area contributed by atoms with Gasteiger partial charge in [0.05, 0.1) is 18.9 Å². The number of carbonyl (C=O) groups excluding carboxylic acids is 1. The van der Waals surface area contributed by atoms with Crippen LogP contribution in [0.5, 0.6) is 5.75 Å². The zero-order valence-electron chi connectivity index (χ0n) is 13.0. The lowest BCUT2D eigenvalue weighted by atomic mass is 10.0. The Kier molecular flexibility index (Phi) is 4.18. The van der Waals surface area contributed by atoms with Gasteiger partial charge in [-0.3, -0.25) is 4.79 Å². The summed E-state index contributed by atoms with van der Waals surface area (Å²) < 4.78 is 10.7. The van der Waals surface area contributed by atoms with E-state index in [4.69, 9.17) is 9.15 Å². The molecule has 1 aromatic carbocycles. The molecule has 1 aliphatic heterocycles. The van der Waals surface area contributed by atoms with Gasteiger partial charge in [-0.2, -0.15) is 0 Å². The van der Waals surface area contributed by atoms with E-state index in [1.807, 2.05) is 30.0 Å². The number of ether oxygens (including phenoxy) is 1. The summed E-state index contributed by atoms with van der Waals surface area (Å²) in [7, 11) is 1.69. The Morgan fingerprint density at radius 1 is 1.36 bits per heavy atom. The number of benzene rings is 1. The van der Waals surface area contributed by atoms with E-state index < -0.39 is 0 Å². The number of furan rings is 1. The van der Waals surface area contributed by atoms with Crippen LogP contribution < -0.4 is 4.74 Å². The summed E-state index contributed by atoms with van der Waals surface area (Å²) in [6, 6.07) is 10.0. The Hall–Kier alpha value is -2.23. The van der Waals surface area contributed by atoms with Gasteiger partial charge in [0, 0.05) is 12.6 Å². The molecule has 1 aliphatic rings. The number of para-hydroxylation sites is 1. The third-order valence-corrected chi connectivity index (χ3v) is 4.38. The average molecular weight is 299 g/mol. The molecule has 0 saturated carbocycles. The minimum atomic E-state index is 0.0728. The van der Waals surface area contributed by atoms with Crippen LogP contribution in [-0.2, 0) is 6.42 Å². The van der Waals surface area contributed by atoms with Gasteiger partial charge in [-0.25, -0.2) is 0 Å². The van der Waals surface area contributed by atoms with E-state index in [1.54, 1.807) is 19.4 Å². The van der Waals surface area contributed by atoms with Gasteiger partial charge in [0.25, 0.3) is 5.91 Å². The second-order valence-electron chi connectivity index (χ2n) is 5.70. The first kappa shape index (κ1) is 14.7. The van der Waals surface area contributed by atoms with Crippen LogP contribution in [0.25, 0.3) is 0 Å². The van der Waals surface area contributed by atoms with Crippen LogP contribution in [0.15, 0.2) is 41.0 Å². The topological polar surface area (TPSA) is 42.7 Å². The number of aryl methyl sites for hydroxylation is 1. The van der Waals surface area contributed by atoms with Crippen molar-refractivity contribution in [3.8, 4) is 5.75 Å². The van der Waals surface area contributed by atoms with Gasteiger partial charge in [0.2, 0.25) is 0 Å². The number of nitrogens with zero attached hydrogens (tertiary/aromatic N) is 1. The van der Waals surface area contributed by atoms with E-state index in [1.165, 1.54) is 0 Å². The standard InChI is InChI=1S/C18H21NO3/c1-13-16(9-11-22-13)18(20)19-10-5-7-15(19)12-14-6-3-4-8-17(14)21-2/h3-4,6,8-9,11,15H,5,7,10,12H2,1-2H3. The summed E-state index contributed by atoms with van der Waals surface area (Å²) in [4.78, 5) is 14.7. The minimum absolute atomic E-state index is 0.0728. The Labute approximate surface area is 130 Å². The summed E-state index contributed by atoms with van der Waals surface area (Å²) in [5, 5.41) is 0. The molecule has 1 saturated heterocycles. The summed E-state index contributed by atoms with van der Waals surface area (Å²) in [5.74, 6) is 1.65. The van der Waals surface area contributed by atoms with Crippen LogP contribution in [0.1, 0.15) is 34.5 Å². The molecule has 1 fully saturated rings. The molecule has 0 aliphatic carbocycles. The Morgan fingerprint density at radius 2 is 2.18 bits per heavy atom. The SMILES string of the molecule is COc1ccccc1CC1CCCN1C(=O)c1ccoc1C. The van der Waals surface area contributed by atoms with Gasteiger partial charge in [-0.05, 0) is 43.9 Å². The number of rotatable bonds is 4. The zero-order chi connectivity index (χ0) is 15.5. The maximum Gasteiger partial charge on any atom is 0.257 e. The van der Waals surface area contributed by atoms with Gasteiger partial charge < -0.3 is 14.1 Å². The molecular weight excluding hydrogens is 278 g/mol. The lowest BCUT2D eigenvalue weighted by Crippen LogP contribution is -2.37. The fourth-order valence-corrected chi connectivity index (χ4v) is 3.20. The second-order valence-corrected chi connectivity index (χ2v) is 5.70. The highest BCUT2D eigenvalue weighted by Crippen LogP contribution is 2.27. The minimum Gasteiger partial charge on any atom is -0.496 e. The average Bonchev–Trinajstić information content (AvgIpc) is 3.16. The predicted molar refractivity (Wildman–Crippen MR) is 84.2 cm³/mol. The molecule has 0 spiro atoms. The summed E-state index contributed by atoms with van der Waals surface area (Å²) in [5.41, 5.74) is 1.82. The fraction of sp³-hybridized carbons (Fsp3) is 0.389. The van der Waals surface area contributed by atoms with Crippen LogP contribution in [0, 0.1) is 6.92 Å². The van der Waals surface area contributed by atoms with Gasteiger partial charge in [0.15, 0.2) is 0 Å². The molecule has 1 amide bonds. The van der Waals surface area contributed by atoms with Crippen molar-refractivity contribution in [2.45, 2.75) is 32.2 Å². The van der Waals surface area contributed by atoms with Crippen molar-refractivity contribution in [1.29, 1.82) is 0 Å². The highest BCUT2D eigenvalue weighted by atomic mass is 16.5. The van der Waals surface area contributed by atoms with Crippen molar-refractivity contribution < 1.29 is 13.9 Å². The largest absolute Gasteiger partial charge is 0.496 e. The maximum atomic E-state index is 12.7. The molecule has 116 valence electrons. The van der Waals surface area contributed by atoms with Gasteiger partial charge in [-0.1, -0.05) is 18.2 Å². The van der Waals surface area contributed by atoms with Crippen molar-refractivity contribution in [3.05, 3.63) is 53.5 Å². The molecule has 0 bridgehead atoms. The molecule has 0 radical (unpaired) electrons. The number of hydrogen-bond acceptors (Lipinski definition) is 3. The molecule has 1 unspecified atom stereocenters. The summed E-state index contributed by atoms with van der Waals surface area (Å²) in [6.45, 7) is 2.64. The number of carbonyl (C=O) groups is 1. The smallest absolute Gasteiger partial charge is 0.257 e. The van der Waals surface area contributed by atoms with Gasteiger partial charge in [0.1, 0.15) is 11.5 Å². The third-order valence-electron chi connectivity index (χ3n) is 4.38. The van der Waals surface area contributed by atoms with Crippen molar-refractivity contribution in [2.24, 2.45) is 0 Å². The first-order chi connectivity index (χ1) is 10.7. The molecule has 2 aromatic rings. The number of hydrogen-bond donors (Lipinski definition) is 0. The zero-order valence-corrected chi connectivity index (χ0v) is 13.0. The molecule has 2 heterocycles. The molecule has 22 heavy (non-hydrogen) atoms. The van der Waals surface area contributed by atoms with Crippen LogP contribution in [0.2, 0.25) is 0 Å². The van der Waals surface area contributed by atoms with Crippen molar-refractivity contribution >= 4 is 5.91 Å². The normalized spacial score (nSPS) is 17.7. The van der Waals surface area contributed by atoms with Crippen molar-refractivity contribution in [3.63, 3.8) is 0 Å². The lowest BCUT2D eigenvalue weighted by Gasteiger charge is -2.25. The quantitative estimate of drug-likeness (QED) is 0.868. The van der Waals surface area contributed by atoms with Gasteiger partial charge in [-0.15, -0.1) is 0 Å². The maximum absolute atomic E-state index is 12.7. The van der Waals surface area contributed by atoms with Crippen LogP contribution >= 0.6 is 0 Å². The lowest BCUT2D eigenvalue weighted by molar-refractivity contribution is 0.0734. The van der Waals surface area contributed by atoms with Crippen LogP contribution in [-0.4, -0.2) is 30.5 Å². The molecule has 1 aromatic heterocycles. The molecule has 0 N–H and O–H groups in total. The molecule has 1 atom stereocenters. The molecule has 4 nitrogen and oxygen atoms in total. The Balaban J connectivity index is 1.79. The Bertz CT molecular complexity index is 662. The van der Waals surface area contributed by atoms with E-state index in [-0.39, 0.29) is 11.9 Å². The summed E-state index contributed by atoms with van der Waals surface area (Å²) in [6.07, 6.45) is 4.48. The van der Waals surface area contributed by atoms with Gasteiger partial charge >= 0.3 is 0 Å². The third kappa shape index (κ3) is 2.73. The first-order valence-corrected chi connectivity index (χ1v) is 7.67. The van der Waals surface area contributed by atoms with Crippen molar-refractivity contribution in [2.75, 3.05) is 13.7 Å². The molecule has 3 rings (SSSR count). The van der Waals surface area contributed by atoms with E-state index in [9.17, 15) is 4.79 Å². The monoisotopic (exact) mass is 299 g/mol. The van der Waals surface area contributed by atoms with Crippen LogP contribution in [0.3, 0.4) is 0 Å². The van der Waals surface area contributed by atoms with E-state index in [0.29, 0.717) is 11.3 Å². The van der Waals surface area contributed by atoms with Crippen molar-refractivity contribution in [1.82, 2.24) is 4.90 Å². The second kappa shape index (κ2) is 6.26. The fourth-order valence-electron chi connectivity index (χ4n) is 3.20. The molecular formula is C18H21NO3. The number of methoxy groups -OCH3 is 1. The van der Waals surface area contributed by atoms with E-state index in [2.05, 4.69) is 6.07 Å².